The molecule has 0 aliphatic carbocycles. The molecular weight excluding hydrogens is 360 g/mol. The SMILES string of the molecule is CN=C(NCc1cccc(Cl)c1)NCc1cccc(CN2CCOCC2)c1. The van der Waals surface area contributed by atoms with Gasteiger partial charge in [0.05, 0.1) is 13.2 Å². The van der Waals surface area contributed by atoms with E-state index in [9.17, 15) is 0 Å². The topological polar surface area (TPSA) is 48.9 Å². The number of guanidine groups is 1. The predicted octanol–water partition coefficient (Wildman–Crippen LogP) is 3.04. The average Bonchev–Trinajstić information content (AvgIpc) is 2.69. The summed E-state index contributed by atoms with van der Waals surface area (Å²) in [6.45, 7) is 6.04. The van der Waals surface area contributed by atoms with Crippen LogP contribution in [-0.4, -0.2) is 44.2 Å². The largest absolute Gasteiger partial charge is 0.379 e. The number of nitrogens with zero attached hydrogens (tertiary/aromatic N) is 2. The van der Waals surface area contributed by atoms with Gasteiger partial charge in [0.25, 0.3) is 0 Å². The number of hydrogen-bond donors (Lipinski definition) is 2. The molecule has 1 aliphatic heterocycles. The van der Waals surface area contributed by atoms with Crippen molar-refractivity contribution in [2.24, 2.45) is 4.99 Å². The Hall–Kier alpha value is -2.08. The minimum absolute atomic E-state index is 0.678. The van der Waals surface area contributed by atoms with Crippen molar-refractivity contribution < 1.29 is 4.74 Å². The summed E-state index contributed by atoms with van der Waals surface area (Å²) < 4.78 is 5.42. The Kier molecular flexibility index (Phi) is 7.51. The second-order valence-electron chi connectivity index (χ2n) is 6.62. The number of hydrogen-bond acceptors (Lipinski definition) is 3. The van der Waals surface area contributed by atoms with Crippen LogP contribution in [-0.2, 0) is 24.4 Å². The number of ether oxygens (including phenoxy) is 1. The Morgan fingerprint density at radius 3 is 2.30 bits per heavy atom. The van der Waals surface area contributed by atoms with E-state index in [0.717, 1.165) is 55.9 Å². The molecule has 0 amide bonds. The zero-order valence-electron chi connectivity index (χ0n) is 15.7. The maximum Gasteiger partial charge on any atom is 0.191 e. The second kappa shape index (κ2) is 10.3. The highest BCUT2D eigenvalue weighted by molar-refractivity contribution is 6.30. The first-order valence-electron chi connectivity index (χ1n) is 9.30. The Morgan fingerprint density at radius 2 is 1.63 bits per heavy atom. The first-order chi connectivity index (χ1) is 13.2. The summed E-state index contributed by atoms with van der Waals surface area (Å²) in [7, 11) is 1.78. The molecule has 1 saturated heterocycles. The molecule has 2 N–H and O–H groups in total. The van der Waals surface area contributed by atoms with E-state index < -0.39 is 0 Å². The first-order valence-corrected chi connectivity index (χ1v) is 9.67. The molecule has 1 heterocycles. The van der Waals surface area contributed by atoms with E-state index in [2.05, 4.69) is 44.8 Å². The van der Waals surface area contributed by atoms with Crippen LogP contribution in [0, 0.1) is 0 Å². The van der Waals surface area contributed by atoms with Crippen molar-refractivity contribution in [1.82, 2.24) is 15.5 Å². The molecule has 2 aromatic carbocycles. The first kappa shape index (κ1) is 19.7. The Bertz CT molecular complexity index is 759. The maximum atomic E-state index is 6.04. The molecule has 0 unspecified atom stereocenters. The molecule has 0 aromatic heterocycles. The Labute approximate surface area is 166 Å². The van der Waals surface area contributed by atoms with E-state index in [4.69, 9.17) is 16.3 Å². The summed E-state index contributed by atoms with van der Waals surface area (Å²) in [5.41, 5.74) is 3.70. The van der Waals surface area contributed by atoms with E-state index in [-0.39, 0.29) is 0 Å². The van der Waals surface area contributed by atoms with E-state index in [0.29, 0.717) is 6.54 Å². The van der Waals surface area contributed by atoms with Gasteiger partial charge in [-0.15, -0.1) is 0 Å². The lowest BCUT2D eigenvalue weighted by molar-refractivity contribution is 0.0342. The van der Waals surface area contributed by atoms with Gasteiger partial charge in [-0.25, -0.2) is 0 Å². The number of halogens is 1. The Balaban J connectivity index is 1.49. The molecule has 0 saturated carbocycles. The van der Waals surface area contributed by atoms with Gasteiger partial charge in [-0.1, -0.05) is 48.0 Å². The molecule has 0 bridgehead atoms. The van der Waals surface area contributed by atoms with Crippen molar-refractivity contribution in [1.29, 1.82) is 0 Å². The molecule has 0 atom stereocenters. The van der Waals surface area contributed by atoms with Crippen molar-refractivity contribution in [3.63, 3.8) is 0 Å². The van der Waals surface area contributed by atoms with E-state index in [1.165, 1.54) is 11.1 Å². The number of benzene rings is 2. The van der Waals surface area contributed by atoms with Crippen molar-refractivity contribution in [2.45, 2.75) is 19.6 Å². The van der Waals surface area contributed by atoms with E-state index in [1.54, 1.807) is 7.05 Å². The lowest BCUT2D eigenvalue weighted by Gasteiger charge is -2.26. The molecule has 2 aromatic rings. The predicted molar refractivity (Wildman–Crippen MR) is 111 cm³/mol. The third kappa shape index (κ3) is 6.54. The van der Waals surface area contributed by atoms with Crippen molar-refractivity contribution in [2.75, 3.05) is 33.4 Å². The molecule has 6 heteroatoms. The fourth-order valence-corrected chi connectivity index (χ4v) is 3.31. The summed E-state index contributed by atoms with van der Waals surface area (Å²) in [6, 6.07) is 16.5. The molecule has 5 nitrogen and oxygen atoms in total. The molecule has 0 radical (unpaired) electrons. The highest BCUT2D eigenvalue weighted by Gasteiger charge is 2.10. The van der Waals surface area contributed by atoms with Gasteiger partial charge in [-0.3, -0.25) is 9.89 Å². The van der Waals surface area contributed by atoms with Crippen molar-refractivity contribution in [3.05, 3.63) is 70.2 Å². The summed E-state index contributed by atoms with van der Waals surface area (Å²) in [5.74, 6) is 0.772. The van der Waals surface area contributed by atoms with E-state index in [1.807, 2.05) is 24.3 Å². The fraction of sp³-hybridized carbons (Fsp3) is 0.381. The monoisotopic (exact) mass is 386 g/mol. The minimum atomic E-state index is 0.678. The van der Waals surface area contributed by atoms with Crippen LogP contribution in [0.25, 0.3) is 0 Å². The molecule has 0 spiro atoms. The molecule has 3 rings (SSSR count). The summed E-state index contributed by atoms with van der Waals surface area (Å²) in [4.78, 5) is 6.73. The lowest BCUT2D eigenvalue weighted by atomic mass is 10.1. The summed E-state index contributed by atoms with van der Waals surface area (Å²) in [5, 5.41) is 7.44. The van der Waals surface area contributed by atoms with Gasteiger partial charge in [0.1, 0.15) is 0 Å². The lowest BCUT2D eigenvalue weighted by Crippen LogP contribution is -2.36. The zero-order valence-corrected chi connectivity index (χ0v) is 16.5. The molecule has 1 fully saturated rings. The highest BCUT2D eigenvalue weighted by atomic mass is 35.5. The number of aliphatic imine (C=N–C) groups is 1. The second-order valence-corrected chi connectivity index (χ2v) is 7.05. The van der Waals surface area contributed by atoms with Crippen LogP contribution in [0.1, 0.15) is 16.7 Å². The van der Waals surface area contributed by atoms with Crippen LogP contribution in [0.5, 0.6) is 0 Å². The van der Waals surface area contributed by atoms with E-state index >= 15 is 0 Å². The molecule has 1 aliphatic rings. The van der Waals surface area contributed by atoms with Crippen LogP contribution in [0.3, 0.4) is 0 Å². The van der Waals surface area contributed by atoms with Gasteiger partial charge in [0.15, 0.2) is 5.96 Å². The van der Waals surface area contributed by atoms with Crippen LogP contribution in [0.15, 0.2) is 53.5 Å². The smallest absolute Gasteiger partial charge is 0.191 e. The molecule has 144 valence electrons. The van der Waals surface area contributed by atoms with Crippen LogP contribution < -0.4 is 10.6 Å². The average molecular weight is 387 g/mol. The van der Waals surface area contributed by atoms with Gasteiger partial charge < -0.3 is 15.4 Å². The molecule has 27 heavy (non-hydrogen) atoms. The zero-order chi connectivity index (χ0) is 18.9. The third-order valence-corrected chi connectivity index (χ3v) is 4.77. The van der Waals surface area contributed by atoms with Gasteiger partial charge in [-0.2, -0.15) is 0 Å². The van der Waals surface area contributed by atoms with Gasteiger partial charge in [0, 0.05) is 44.8 Å². The maximum absolute atomic E-state index is 6.04. The number of rotatable bonds is 6. The standard InChI is InChI=1S/C21H27ClN4O/c1-23-21(25-15-18-5-3-7-20(22)13-18)24-14-17-4-2-6-19(12-17)16-26-8-10-27-11-9-26/h2-7,12-13H,8-11,14-16H2,1H3,(H2,23,24,25). The number of morpholine rings is 1. The van der Waals surface area contributed by atoms with Crippen molar-refractivity contribution in [3.8, 4) is 0 Å². The normalized spacial score (nSPS) is 15.6. The van der Waals surface area contributed by atoms with Crippen LogP contribution in [0.2, 0.25) is 5.02 Å². The summed E-state index contributed by atoms with van der Waals surface area (Å²) in [6.07, 6.45) is 0. The minimum Gasteiger partial charge on any atom is -0.379 e. The number of nitrogens with one attached hydrogen (secondary N) is 2. The van der Waals surface area contributed by atoms with Gasteiger partial charge in [-0.05, 0) is 28.8 Å². The van der Waals surface area contributed by atoms with Crippen LogP contribution >= 0.6 is 11.6 Å². The summed E-state index contributed by atoms with van der Waals surface area (Å²) >= 11 is 6.04. The van der Waals surface area contributed by atoms with Crippen LogP contribution in [0.4, 0.5) is 0 Å². The quantitative estimate of drug-likeness (QED) is 0.591. The highest BCUT2D eigenvalue weighted by Crippen LogP contribution is 2.11. The third-order valence-electron chi connectivity index (χ3n) is 4.53. The Morgan fingerprint density at radius 1 is 1.00 bits per heavy atom. The van der Waals surface area contributed by atoms with Gasteiger partial charge in [0.2, 0.25) is 0 Å². The van der Waals surface area contributed by atoms with Crippen molar-refractivity contribution >= 4 is 17.6 Å². The van der Waals surface area contributed by atoms with Gasteiger partial charge >= 0.3 is 0 Å². The fourth-order valence-electron chi connectivity index (χ4n) is 3.09. The molecular formula is C21H27ClN4O.